The number of fused-ring (bicyclic) bond motifs is 3. The van der Waals surface area contributed by atoms with Crippen LogP contribution in [0.25, 0.3) is 21.7 Å². The van der Waals surface area contributed by atoms with E-state index in [4.69, 9.17) is 9.56 Å². The third kappa shape index (κ3) is 3.69. The minimum absolute atomic E-state index is 0.0455. The Hall–Kier alpha value is -3.16. The Bertz CT molecular complexity index is 1340. The van der Waals surface area contributed by atoms with E-state index in [0.717, 1.165) is 32.9 Å². The lowest BCUT2D eigenvalue weighted by atomic mass is 10.0. The van der Waals surface area contributed by atoms with Gasteiger partial charge in [-0.1, -0.05) is 42.5 Å². The maximum absolute atomic E-state index is 13.0. The normalized spacial score (nSPS) is 12.9. The summed E-state index contributed by atoms with van der Waals surface area (Å²) >= 11 is 0. The van der Waals surface area contributed by atoms with Gasteiger partial charge in [0.1, 0.15) is 5.58 Å². The quantitative estimate of drug-likeness (QED) is 0.526. The number of sulfonamides is 1. The van der Waals surface area contributed by atoms with Gasteiger partial charge in [-0.25, -0.2) is 13.6 Å². The van der Waals surface area contributed by atoms with Gasteiger partial charge in [0.15, 0.2) is 0 Å². The van der Waals surface area contributed by atoms with E-state index in [-0.39, 0.29) is 23.3 Å². The van der Waals surface area contributed by atoms with Crippen LogP contribution in [0.15, 0.2) is 76.2 Å². The Morgan fingerprint density at radius 1 is 1.07 bits per heavy atom. The Balaban J connectivity index is 1.58. The molecule has 3 aromatic carbocycles. The van der Waals surface area contributed by atoms with E-state index < -0.39 is 10.0 Å². The van der Waals surface area contributed by atoms with Crippen molar-refractivity contribution in [2.45, 2.75) is 24.3 Å². The average Bonchev–Trinajstić information content (AvgIpc) is 3.15. The van der Waals surface area contributed by atoms with Gasteiger partial charge in [0, 0.05) is 18.0 Å². The average molecular weight is 423 g/mol. The number of primary sulfonamides is 1. The molecule has 7 heteroatoms. The standard InChI is InChI=1S/C23H22N2O4S/c1-15(16-7-10-19(11-8-16)30(24,27)28)25(2)22(26)13-18-14-29-21-12-9-17-5-3-4-6-20(17)23(18)21/h3-12,14-15H,13H2,1-2H3,(H2,24,27,28). The summed E-state index contributed by atoms with van der Waals surface area (Å²) < 4.78 is 28.6. The number of carbonyl (C=O) groups is 1. The van der Waals surface area contributed by atoms with Crippen molar-refractivity contribution in [3.63, 3.8) is 0 Å². The predicted octanol–water partition coefficient (Wildman–Crippen LogP) is 4.00. The van der Waals surface area contributed by atoms with Crippen LogP contribution in [0.3, 0.4) is 0 Å². The molecule has 0 bridgehead atoms. The van der Waals surface area contributed by atoms with Crippen LogP contribution in [0.1, 0.15) is 24.1 Å². The zero-order chi connectivity index (χ0) is 21.5. The van der Waals surface area contributed by atoms with Gasteiger partial charge in [-0.15, -0.1) is 0 Å². The fraction of sp³-hybridized carbons (Fsp3) is 0.174. The maximum atomic E-state index is 13.0. The van der Waals surface area contributed by atoms with Gasteiger partial charge in [0.05, 0.1) is 23.6 Å². The molecule has 4 aromatic rings. The molecular weight excluding hydrogens is 400 g/mol. The molecule has 0 aliphatic rings. The SMILES string of the molecule is CC(c1ccc(S(N)(=O)=O)cc1)N(C)C(=O)Cc1coc2ccc3ccccc3c12. The van der Waals surface area contributed by atoms with Crippen LogP contribution in [0.4, 0.5) is 0 Å². The molecule has 6 nitrogen and oxygen atoms in total. The van der Waals surface area contributed by atoms with Crippen LogP contribution in [0.2, 0.25) is 0 Å². The number of nitrogens with zero attached hydrogens (tertiary/aromatic N) is 1. The summed E-state index contributed by atoms with van der Waals surface area (Å²) in [5.74, 6) is -0.0614. The first-order valence-electron chi connectivity index (χ1n) is 9.52. The number of furan rings is 1. The molecule has 4 rings (SSSR count). The summed E-state index contributed by atoms with van der Waals surface area (Å²) in [7, 11) is -2.01. The van der Waals surface area contributed by atoms with Crippen molar-refractivity contribution >= 4 is 37.7 Å². The topological polar surface area (TPSA) is 93.6 Å². The lowest BCUT2D eigenvalue weighted by molar-refractivity contribution is -0.131. The first-order valence-corrected chi connectivity index (χ1v) is 11.1. The van der Waals surface area contributed by atoms with Crippen molar-refractivity contribution in [3.8, 4) is 0 Å². The molecule has 1 unspecified atom stereocenters. The minimum Gasteiger partial charge on any atom is -0.464 e. The number of hydrogen-bond acceptors (Lipinski definition) is 4. The number of nitrogens with two attached hydrogens (primary N) is 1. The molecule has 154 valence electrons. The molecule has 0 spiro atoms. The molecule has 30 heavy (non-hydrogen) atoms. The van der Waals surface area contributed by atoms with Gasteiger partial charge < -0.3 is 9.32 Å². The third-order valence-electron chi connectivity index (χ3n) is 5.55. The summed E-state index contributed by atoms with van der Waals surface area (Å²) in [5.41, 5.74) is 2.42. The smallest absolute Gasteiger partial charge is 0.238 e. The number of amides is 1. The second-order valence-electron chi connectivity index (χ2n) is 7.39. The van der Waals surface area contributed by atoms with Gasteiger partial charge in [-0.3, -0.25) is 4.79 Å². The van der Waals surface area contributed by atoms with E-state index in [1.807, 2.05) is 43.3 Å². The van der Waals surface area contributed by atoms with Gasteiger partial charge in [-0.2, -0.15) is 0 Å². The number of carbonyl (C=O) groups excluding carboxylic acids is 1. The first-order chi connectivity index (χ1) is 14.3. The van der Waals surface area contributed by atoms with Gasteiger partial charge in [-0.05, 0) is 41.5 Å². The lowest BCUT2D eigenvalue weighted by Crippen LogP contribution is -2.31. The van der Waals surface area contributed by atoms with Crippen LogP contribution >= 0.6 is 0 Å². The highest BCUT2D eigenvalue weighted by Gasteiger charge is 2.21. The van der Waals surface area contributed by atoms with E-state index in [9.17, 15) is 13.2 Å². The number of hydrogen-bond donors (Lipinski definition) is 1. The minimum atomic E-state index is -3.75. The molecule has 0 fully saturated rings. The Morgan fingerprint density at radius 2 is 1.77 bits per heavy atom. The van der Waals surface area contributed by atoms with Crippen LogP contribution in [0, 0.1) is 0 Å². The Labute approximate surface area is 174 Å². The molecule has 1 amide bonds. The molecule has 0 saturated heterocycles. The van der Waals surface area contributed by atoms with Crippen LogP contribution in [0.5, 0.6) is 0 Å². The third-order valence-corrected chi connectivity index (χ3v) is 6.48. The summed E-state index contributed by atoms with van der Waals surface area (Å²) in [6.45, 7) is 1.90. The summed E-state index contributed by atoms with van der Waals surface area (Å²) in [6.07, 6.45) is 1.85. The highest BCUT2D eigenvalue weighted by molar-refractivity contribution is 7.89. The molecule has 0 aliphatic carbocycles. The highest BCUT2D eigenvalue weighted by Crippen LogP contribution is 2.31. The first kappa shape index (κ1) is 20.1. The molecule has 0 saturated carbocycles. The summed E-state index contributed by atoms with van der Waals surface area (Å²) in [5, 5.41) is 8.26. The van der Waals surface area contributed by atoms with Crippen LogP contribution < -0.4 is 5.14 Å². The molecule has 1 aromatic heterocycles. The molecule has 2 N–H and O–H groups in total. The number of likely N-dealkylation sites (N-methyl/N-ethyl adjacent to an activating group) is 1. The van der Waals surface area contributed by atoms with Crippen molar-refractivity contribution in [2.75, 3.05) is 7.05 Å². The second kappa shape index (κ2) is 7.59. The number of benzene rings is 3. The van der Waals surface area contributed by atoms with E-state index in [1.54, 1.807) is 30.3 Å². The maximum Gasteiger partial charge on any atom is 0.238 e. The zero-order valence-corrected chi connectivity index (χ0v) is 17.5. The molecule has 0 radical (unpaired) electrons. The highest BCUT2D eigenvalue weighted by atomic mass is 32.2. The van der Waals surface area contributed by atoms with E-state index >= 15 is 0 Å². The Kier molecular flexibility index (Phi) is 5.09. The molecule has 1 heterocycles. The zero-order valence-electron chi connectivity index (χ0n) is 16.7. The Morgan fingerprint density at radius 3 is 2.47 bits per heavy atom. The lowest BCUT2D eigenvalue weighted by Gasteiger charge is -2.25. The second-order valence-corrected chi connectivity index (χ2v) is 8.95. The van der Waals surface area contributed by atoms with Gasteiger partial charge in [0.2, 0.25) is 15.9 Å². The van der Waals surface area contributed by atoms with Crippen LogP contribution in [-0.2, 0) is 21.2 Å². The predicted molar refractivity (Wildman–Crippen MR) is 116 cm³/mol. The number of rotatable bonds is 5. The van der Waals surface area contributed by atoms with E-state index in [1.165, 1.54) is 12.1 Å². The van der Waals surface area contributed by atoms with Gasteiger partial charge in [0.25, 0.3) is 0 Å². The van der Waals surface area contributed by atoms with Crippen molar-refractivity contribution in [1.82, 2.24) is 4.90 Å². The molecule has 1 atom stereocenters. The van der Waals surface area contributed by atoms with Crippen molar-refractivity contribution < 1.29 is 17.6 Å². The van der Waals surface area contributed by atoms with Crippen molar-refractivity contribution in [1.29, 1.82) is 0 Å². The summed E-state index contributed by atoms with van der Waals surface area (Å²) in [6, 6.07) is 18.0. The molecule has 0 aliphatic heterocycles. The van der Waals surface area contributed by atoms with Crippen LogP contribution in [-0.4, -0.2) is 26.3 Å². The largest absolute Gasteiger partial charge is 0.464 e. The van der Waals surface area contributed by atoms with Crippen molar-refractivity contribution in [3.05, 3.63) is 78.1 Å². The molecular formula is C23H22N2O4S. The fourth-order valence-corrected chi connectivity index (χ4v) is 4.18. The monoisotopic (exact) mass is 422 g/mol. The van der Waals surface area contributed by atoms with Crippen molar-refractivity contribution in [2.24, 2.45) is 5.14 Å². The fourth-order valence-electron chi connectivity index (χ4n) is 3.67. The summed E-state index contributed by atoms with van der Waals surface area (Å²) in [4.78, 5) is 14.7. The van der Waals surface area contributed by atoms with Gasteiger partial charge >= 0.3 is 0 Å². The van der Waals surface area contributed by atoms with E-state index in [2.05, 4.69) is 0 Å². The van der Waals surface area contributed by atoms with E-state index in [0.29, 0.717) is 0 Å².